The van der Waals surface area contributed by atoms with E-state index < -0.39 is 0 Å². The van der Waals surface area contributed by atoms with Crippen LogP contribution in [-0.2, 0) is 4.79 Å². The number of carbonyl (C=O) groups excluding carboxylic acids is 1. The number of benzene rings is 2. The first-order chi connectivity index (χ1) is 15.7. The van der Waals surface area contributed by atoms with Gasteiger partial charge >= 0.3 is 5.69 Å². The number of hydrogen-bond donors (Lipinski definition) is 0. The van der Waals surface area contributed by atoms with Crippen molar-refractivity contribution < 1.29 is 9.53 Å². The van der Waals surface area contributed by atoms with Gasteiger partial charge in [0.25, 0.3) is 0 Å². The highest BCUT2D eigenvalue weighted by molar-refractivity contribution is 5.87. The van der Waals surface area contributed by atoms with Gasteiger partial charge in [0.15, 0.2) is 0 Å². The van der Waals surface area contributed by atoms with Crippen molar-refractivity contribution in [1.82, 2.24) is 19.0 Å². The molecule has 160 valence electrons. The maximum absolute atomic E-state index is 13.5. The van der Waals surface area contributed by atoms with Crippen LogP contribution in [-0.4, -0.2) is 38.0 Å². The van der Waals surface area contributed by atoms with Crippen molar-refractivity contribution in [2.75, 3.05) is 13.1 Å². The van der Waals surface area contributed by atoms with Crippen molar-refractivity contribution in [2.45, 2.75) is 12.5 Å². The first-order valence-corrected chi connectivity index (χ1v) is 10.5. The van der Waals surface area contributed by atoms with E-state index in [-0.39, 0.29) is 17.6 Å². The summed E-state index contributed by atoms with van der Waals surface area (Å²) in [6, 6.07) is 18.7. The lowest BCUT2D eigenvalue weighted by Gasteiger charge is -2.15. The van der Waals surface area contributed by atoms with Gasteiger partial charge < -0.3 is 9.64 Å². The highest BCUT2D eigenvalue weighted by Crippen LogP contribution is 2.27. The Morgan fingerprint density at radius 1 is 1.03 bits per heavy atom. The molecule has 1 aliphatic heterocycles. The molecule has 1 saturated heterocycles. The third kappa shape index (κ3) is 3.47. The van der Waals surface area contributed by atoms with Gasteiger partial charge in [0.2, 0.25) is 5.91 Å². The number of aromatic nitrogens is 3. The number of nitrogens with zero attached hydrogens (tertiary/aromatic N) is 4. The van der Waals surface area contributed by atoms with Crippen molar-refractivity contribution in [3.63, 3.8) is 0 Å². The van der Waals surface area contributed by atoms with E-state index in [2.05, 4.69) is 11.6 Å². The molecule has 0 saturated carbocycles. The Morgan fingerprint density at radius 3 is 2.53 bits per heavy atom. The van der Waals surface area contributed by atoms with Crippen LogP contribution in [0.5, 0.6) is 11.5 Å². The topological polar surface area (TPSA) is 69.4 Å². The molecule has 0 bridgehead atoms. The van der Waals surface area contributed by atoms with E-state index in [0.717, 1.165) is 22.5 Å². The van der Waals surface area contributed by atoms with Gasteiger partial charge in [-0.2, -0.15) is 0 Å². The summed E-state index contributed by atoms with van der Waals surface area (Å²) in [4.78, 5) is 31.5. The molecule has 0 aliphatic carbocycles. The molecule has 2 aromatic heterocycles. The van der Waals surface area contributed by atoms with Crippen molar-refractivity contribution in [3.05, 3.63) is 96.2 Å². The maximum atomic E-state index is 13.5. The first kappa shape index (κ1) is 19.8. The van der Waals surface area contributed by atoms with Crippen molar-refractivity contribution >= 4 is 16.9 Å². The van der Waals surface area contributed by atoms with Gasteiger partial charge in [-0.15, -0.1) is 0 Å². The summed E-state index contributed by atoms with van der Waals surface area (Å²) in [6.07, 6.45) is 5.41. The lowest BCUT2D eigenvalue weighted by Crippen LogP contribution is -2.31. The number of imidazole rings is 1. The molecule has 3 heterocycles. The zero-order valence-corrected chi connectivity index (χ0v) is 17.4. The van der Waals surface area contributed by atoms with Gasteiger partial charge in [-0.25, -0.2) is 4.79 Å². The smallest absolute Gasteiger partial charge is 0.334 e. The highest BCUT2D eigenvalue weighted by Gasteiger charge is 2.29. The fourth-order valence-electron chi connectivity index (χ4n) is 4.24. The van der Waals surface area contributed by atoms with Gasteiger partial charge in [0, 0.05) is 19.3 Å². The third-order valence-electron chi connectivity index (χ3n) is 5.76. The quantitative estimate of drug-likeness (QED) is 0.453. The summed E-state index contributed by atoms with van der Waals surface area (Å²) >= 11 is 0. The van der Waals surface area contributed by atoms with Gasteiger partial charge in [-0.1, -0.05) is 24.8 Å². The lowest BCUT2D eigenvalue weighted by molar-refractivity contribution is -0.125. The fraction of sp³-hybridized carbons (Fsp3) is 0.160. The standard InChI is InChI=1S/C25H22N4O3/c1-2-24(30)27-15-13-19(17-27)29-22-12-14-26-16-23(22)28(25(29)31)18-8-10-21(11-9-18)32-20-6-4-3-5-7-20/h2-12,14,16,19H,1,13,15,17H2. The molecule has 32 heavy (non-hydrogen) atoms. The summed E-state index contributed by atoms with van der Waals surface area (Å²) in [7, 11) is 0. The Kier molecular flexibility index (Phi) is 5.07. The van der Waals surface area contributed by atoms with Crippen LogP contribution in [0.4, 0.5) is 0 Å². The van der Waals surface area contributed by atoms with Crippen LogP contribution in [0.25, 0.3) is 16.7 Å². The molecule has 1 atom stereocenters. The number of carbonyl (C=O) groups is 1. The minimum absolute atomic E-state index is 0.0989. The summed E-state index contributed by atoms with van der Waals surface area (Å²) in [5.74, 6) is 1.32. The molecule has 1 aliphatic rings. The molecule has 7 heteroatoms. The van der Waals surface area contributed by atoms with Crippen LogP contribution in [0.15, 0.2) is 90.5 Å². The average Bonchev–Trinajstić information content (AvgIpc) is 3.42. The first-order valence-electron chi connectivity index (χ1n) is 10.5. The molecular formula is C25H22N4O3. The van der Waals surface area contributed by atoms with Gasteiger partial charge in [-0.05, 0) is 55.0 Å². The van der Waals surface area contributed by atoms with E-state index in [9.17, 15) is 9.59 Å². The number of ether oxygens (including phenoxy) is 1. The van der Waals surface area contributed by atoms with E-state index in [1.54, 1.807) is 26.4 Å². The molecule has 1 amide bonds. The lowest BCUT2D eigenvalue weighted by atomic mass is 10.2. The molecule has 5 rings (SSSR count). The van der Waals surface area contributed by atoms with Crippen LogP contribution < -0.4 is 10.4 Å². The summed E-state index contributed by atoms with van der Waals surface area (Å²) in [5.41, 5.74) is 2.10. The highest BCUT2D eigenvalue weighted by atomic mass is 16.5. The molecule has 1 fully saturated rings. The molecule has 0 spiro atoms. The second kappa shape index (κ2) is 8.19. The molecule has 0 N–H and O–H groups in total. The maximum Gasteiger partial charge on any atom is 0.334 e. The Balaban J connectivity index is 1.51. The molecule has 7 nitrogen and oxygen atoms in total. The number of fused-ring (bicyclic) bond motifs is 1. The van der Waals surface area contributed by atoms with Gasteiger partial charge in [0.1, 0.15) is 11.5 Å². The number of rotatable bonds is 5. The Labute approximate surface area is 184 Å². The Hall–Kier alpha value is -4.13. The molecule has 1 unspecified atom stereocenters. The third-order valence-corrected chi connectivity index (χ3v) is 5.76. The molecule has 4 aromatic rings. The van der Waals surface area contributed by atoms with Crippen LogP contribution in [0.3, 0.4) is 0 Å². The Morgan fingerprint density at radius 2 is 1.78 bits per heavy atom. The minimum Gasteiger partial charge on any atom is -0.457 e. The normalized spacial score (nSPS) is 15.8. The van der Waals surface area contributed by atoms with E-state index in [1.807, 2.05) is 60.7 Å². The molecule has 2 aromatic carbocycles. The minimum atomic E-state index is -0.150. The largest absolute Gasteiger partial charge is 0.457 e. The van der Waals surface area contributed by atoms with Crippen LogP contribution in [0.2, 0.25) is 0 Å². The predicted molar refractivity (Wildman–Crippen MR) is 122 cm³/mol. The zero-order valence-electron chi connectivity index (χ0n) is 17.4. The van der Waals surface area contributed by atoms with Crippen LogP contribution in [0.1, 0.15) is 12.5 Å². The Bertz CT molecular complexity index is 1340. The molecular weight excluding hydrogens is 404 g/mol. The summed E-state index contributed by atoms with van der Waals surface area (Å²) < 4.78 is 9.31. The SMILES string of the molecule is C=CC(=O)N1CCC(n2c(=O)n(-c3ccc(Oc4ccccc4)cc3)c3cnccc32)C1. The predicted octanol–water partition coefficient (Wildman–Crippen LogP) is 3.94. The number of pyridine rings is 1. The van der Waals surface area contributed by atoms with E-state index >= 15 is 0 Å². The zero-order chi connectivity index (χ0) is 22.1. The van der Waals surface area contributed by atoms with Crippen LogP contribution >= 0.6 is 0 Å². The number of para-hydroxylation sites is 1. The van der Waals surface area contributed by atoms with Crippen molar-refractivity contribution in [1.29, 1.82) is 0 Å². The van der Waals surface area contributed by atoms with E-state index in [1.165, 1.54) is 6.08 Å². The number of hydrogen-bond acceptors (Lipinski definition) is 4. The van der Waals surface area contributed by atoms with E-state index in [4.69, 9.17) is 4.74 Å². The molecule has 0 radical (unpaired) electrons. The monoisotopic (exact) mass is 426 g/mol. The summed E-state index contributed by atoms with van der Waals surface area (Å²) in [6.45, 7) is 4.65. The fourth-order valence-corrected chi connectivity index (χ4v) is 4.24. The van der Waals surface area contributed by atoms with Crippen molar-refractivity contribution in [3.8, 4) is 17.2 Å². The average molecular weight is 426 g/mol. The second-order valence-electron chi connectivity index (χ2n) is 7.69. The van der Waals surface area contributed by atoms with E-state index in [0.29, 0.717) is 25.3 Å². The number of amides is 1. The van der Waals surface area contributed by atoms with Crippen molar-refractivity contribution in [2.24, 2.45) is 0 Å². The van der Waals surface area contributed by atoms with Crippen LogP contribution in [0, 0.1) is 0 Å². The summed E-state index contributed by atoms with van der Waals surface area (Å²) in [5, 5.41) is 0. The van der Waals surface area contributed by atoms with Gasteiger partial charge in [-0.3, -0.25) is 18.9 Å². The number of likely N-dealkylation sites (tertiary alicyclic amines) is 1. The second-order valence-corrected chi connectivity index (χ2v) is 7.69. The van der Waals surface area contributed by atoms with Gasteiger partial charge in [0.05, 0.1) is 29.0 Å².